The molecule has 0 spiro atoms. The fourth-order valence-electron chi connectivity index (χ4n) is 1.66. The number of anilines is 2. The summed E-state index contributed by atoms with van der Waals surface area (Å²) in [7, 11) is 0. The van der Waals surface area contributed by atoms with E-state index in [0.29, 0.717) is 5.57 Å². The molecule has 0 heterocycles. The number of carboxylic acids is 1. The molecule has 0 radical (unpaired) electrons. The van der Waals surface area contributed by atoms with Crippen LogP contribution in [0, 0.1) is 0 Å². The van der Waals surface area contributed by atoms with Crippen molar-refractivity contribution in [1.82, 2.24) is 0 Å². The number of hydrogen-bond donors (Lipinski definition) is 2. The molecule has 0 saturated heterocycles. The van der Waals surface area contributed by atoms with Crippen molar-refractivity contribution in [3.05, 3.63) is 65.7 Å². The molecule has 3 heteroatoms. The van der Waals surface area contributed by atoms with Gasteiger partial charge < -0.3 is 10.4 Å². The second kappa shape index (κ2) is 5.87. The third kappa shape index (κ3) is 3.71. The van der Waals surface area contributed by atoms with Crippen molar-refractivity contribution in [2.45, 2.75) is 6.92 Å². The van der Waals surface area contributed by atoms with Crippen LogP contribution in [-0.2, 0) is 4.79 Å². The lowest BCUT2D eigenvalue weighted by atomic mass is 10.1. The van der Waals surface area contributed by atoms with Crippen LogP contribution < -0.4 is 5.32 Å². The van der Waals surface area contributed by atoms with Gasteiger partial charge in [0, 0.05) is 16.9 Å². The first kappa shape index (κ1) is 12.9. The zero-order chi connectivity index (χ0) is 13.7. The summed E-state index contributed by atoms with van der Waals surface area (Å²) in [5.74, 6) is -0.897. The monoisotopic (exact) mass is 253 g/mol. The molecule has 2 N–H and O–H groups in total. The van der Waals surface area contributed by atoms with Crippen LogP contribution in [0.2, 0.25) is 0 Å². The predicted octanol–water partition coefficient (Wildman–Crippen LogP) is 3.92. The summed E-state index contributed by atoms with van der Waals surface area (Å²) in [4.78, 5) is 10.7. The molecule has 0 atom stereocenters. The second-order valence-electron chi connectivity index (χ2n) is 4.25. The van der Waals surface area contributed by atoms with E-state index in [1.165, 1.54) is 0 Å². The SMILES string of the molecule is CC(=Cc1ccc(Nc2ccccc2)cc1)C(=O)O. The fourth-order valence-corrected chi connectivity index (χ4v) is 1.66. The van der Waals surface area contributed by atoms with Gasteiger partial charge in [-0.05, 0) is 42.8 Å². The summed E-state index contributed by atoms with van der Waals surface area (Å²) in [6, 6.07) is 17.5. The predicted molar refractivity (Wildman–Crippen MR) is 77.5 cm³/mol. The second-order valence-corrected chi connectivity index (χ2v) is 4.25. The summed E-state index contributed by atoms with van der Waals surface area (Å²) in [6.45, 7) is 1.58. The van der Waals surface area contributed by atoms with Gasteiger partial charge in [-0.25, -0.2) is 4.79 Å². The highest BCUT2D eigenvalue weighted by atomic mass is 16.4. The average molecular weight is 253 g/mol. The number of carboxylic acid groups (broad SMARTS) is 1. The molecule has 0 fully saturated rings. The van der Waals surface area contributed by atoms with E-state index in [-0.39, 0.29) is 0 Å². The Kier molecular flexibility index (Phi) is 3.98. The highest BCUT2D eigenvalue weighted by molar-refractivity contribution is 5.91. The summed E-state index contributed by atoms with van der Waals surface area (Å²) in [5, 5.41) is 12.1. The van der Waals surface area contributed by atoms with Gasteiger partial charge in [0.05, 0.1) is 0 Å². The Labute approximate surface area is 112 Å². The van der Waals surface area contributed by atoms with Gasteiger partial charge in [0.2, 0.25) is 0 Å². The van der Waals surface area contributed by atoms with E-state index in [1.807, 2.05) is 54.6 Å². The highest BCUT2D eigenvalue weighted by Gasteiger charge is 2.00. The van der Waals surface area contributed by atoms with Gasteiger partial charge in [0.1, 0.15) is 0 Å². The molecule has 0 aliphatic carbocycles. The van der Waals surface area contributed by atoms with E-state index >= 15 is 0 Å². The van der Waals surface area contributed by atoms with Gasteiger partial charge in [-0.3, -0.25) is 0 Å². The minimum atomic E-state index is -0.897. The van der Waals surface area contributed by atoms with Crippen molar-refractivity contribution < 1.29 is 9.90 Å². The van der Waals surface area contributed by atoms with Crippen molar-refractivity contribution in [1.29, 1.82) is 0 Å². The normalized spacial score (nSPS) is 11.1. The first-order chi connectivity index (χ1) is 9.15. The number of hydrogen-bond acceptors (Lipinski definition) is 2. The topological polar surface area (TPSA) is 49.3 Å². The van der Waals surface area contributed by atoms with E-state index in [0.717, 1.165) is 16.9 Å². The Morgan fingerprint density at radius 1 is 1.00 bits per heavy atom. The van der Waals surface area contributed by atoms with Gasteiger partial charge in [-0.2, -0.15) is 0 Å². The summed E-state index contributed by atoms with van der Waals surface area (Å²) in [5.41, 5.74) is 3.19. The Morgan fingerprint density at radius 2 is 1.58 bits per heavy atom. The van der Waals surface area contributed by atoms with E-state index in [1.54, 1.807) is 13.0 Å². The van der Waals surface area contributed by atoms with Crippen molar-refractivity contribution in [2.75, 3.05) is 5.32 Å². The van der Waals surface area contributed by atoms with Crippen LogP contribution in [0.3, 0.4) is 0 Å². The quantitative estimate of drug-likeness (QED) is 0.812. The van der Waals surface area contributed by atoms with Gasteiger partial charge >= 0.3 is 5.97 Å². The maximum atomic E-state index is 10.7. The molecule has 3 nitrogen and oxygen atoms in total. The Hall–Kier alpha value is -2.55. The molecule has 96 valence electrons. The van der Waals surface area contributed by atoms with Crippen molar-refractivity contribution in [3.63, 3.8) is 0 Å². The number of nitrogens with one attached hydrogen (secondary N) is 1. The van der Waals surface area contributed by atoms with E-state index in [4.69, 9.17) is 5.11 Å². The number of carbonyl (C=O) groups is 1. The van der Waals surface area contributed by atoms with Crippen LogP contribution >= 0.6 is 0 Å². The Morgan fingerprint density at radius 3 is 2.16 bits per heavy atom. The Bertz CT molecular complexity index is 586. The lowest BCUT2D eigenvalue weighted by molar-refractivity contribution is -0.132. The summed E-state index contributed by atoms with van der Waals surface area (Å²) in [6.07, 6.45) is 1.65. The van der Waals surface area contributed by atoms with Crippen LogP contribution in [0.15, 0.2) is 60.2 Å². The smallest absolute Gasteiger partial charge is 0.331 e. The average Bonchev–Trinajstić information content (AvgIpc) is 2.42. The minimum absolute atomic E-state index is 0.323. The first-order valence-corrected chi connectivity index (χ1v) is 5.99. The third-order valence-electron chi connectivity index (χ3n) is 2.69. The molecule has 19 heavy (non-hydrogen) atoms. The zero-order valence-electron chi connectivity index (χ0n) is 10.6. The maximum Gasteiger partial charge on any atom is 0.331 e. The summed E-state index contributed by atoms with van der Waals surface area (Å²) >= 11 is 0. The molecule has 2 aromatic carbocycles. The lowest BCUT2D eigenvalue weighted by Crippen LogP contribution is -1.95. The van der Waals surface area contributed by atoms with Crippen LogP contribution in [0.25, 0.3) is 6.08 Å². The summed E-state index contributed by atoms with van der Waals surface area (Å²) < 4.78 is 0. The van der Waals surface area contributed by atoms with Crippen LogP contribution in [-0.4, -0.2) is 11.1 Å². The molecule has 0 aliphatic rings. The van der Waals surface area contributed by atoms with E-state index in [2.05, 4.69) is 5.32 Å². The zero-order valence-corrected chi connectivity index (χ0v) is 10.6. The molecule has 2 aromatic rings. The van der Waals surface area contributed by atoms with E-state index in [9.17, 15) is 4.79 Å². The molecule has 0 bridgehead atoms. The van der Waals surface area contributed by atoms with Crippen molar-refractivity contribution in [2.24, 2.45) is 0 Å². The van der Waals surface area contributed by atoms with E-state index < -0.39 is 5.97 Å². The number of benzene rings is 2. The first-order valence-electron chi connectivity index (χ1n) is 5.99. The molecule has 0 unspecified atom stereocenters. The minimum Gasteiger partial charge on any atom is -0.478 e. The van der Waals surface area contributed by atoms with Gasteiger partial charge in [-0.1, -0.05) is 30.3 Å². The van der Waals surface area contributed by atoms with Gasteiger partial charge in [-0.15, -0.1) is 0 Å². The molecule has 0 amide bonds. The fraction of sp³-hybridized carbons (Fsp3) is 0.0625. The van der Waals surface area contributed by atoms with Crippen molar-refractivity contribution >= 4 is 23.4 Å². The van der Waals surface area contributed by atoms with Gasteiger partial charge in [0.15, 0.2) is 0 Å². The van der Waals surface area contributed by atoms with Gasteiger partial charge in [0.25, 0.3) is 0 Å². The molecule has 0 aromatic heterocycles. The van der Waals surface area contributed by atoms with Crippen LogP contribution in [0.1, 0.15) is 12.5 Å². The maximum absolute atomic E-state index is 10.7. The molecular weight excluding hydrogens is 238 g/mol. The lowest BCUT2D eigenvalue weighted by Gasteiger charge is -2.06. The highest BCUT2D eigenvalue weighted by Crippen LogP contribution is 2.17. The number of rotatable bonds is 4. The third-order valence-corrected chi connectivity index (χ3v) is 2.69. The Balaban J connectivity index is 2.11. The molecule has 0 saturated carbocycles. The molecule has 2 rings (SSSR count). The largest absolute Gasteiger partial charge is 0.478 e. The number of aliphatic carboxylic acids is 1. The molecular formula is C16H15NO2. The van der Waals surface area contributed by atoms with Crippen molar-refractivity contribution in [3.8, 4) is 0 Å². The molecule has 0 aliphatic heterocycles. The van der Waals surface area contributed by atoms with Crippen LogP contribution in [0.5, 0.6) is 0 Å². The number of para-hydroxylation sites is 1. The van der Waals surface area contributed by atoms with Crippen LogP contribution in [0.4, 0.5) is 11.4 Å². The standard InChI is InChI=1S/C16H15NO2/c1-12(16(18)19)11-13-7-9-15(10-8-13)17-14-5-3-2-4-6-14/h2-11,17H,1H3,(H,18,19).